The fourth-order valence-electron chi connectivity index (χ4n) is 1.45. The van der Waals surface area contributed by atoms with E-state index in [1.54, 1.807) is 25.1 Å². The van der Waals surface area contributed by atoms with Crippen LogP contribution in [0.15, 0.2) is 18.2 Å². The fourth-order valence-corrected chi connectivity index (χ4v) is 1.61. The molecule has 2 N–H and O–H groups in total. The summed E-state index contributed by atoms with van der Waals surface area (Å²) >= 11 is 5.86. The van der Waals surface area contributed by atoms with E-state index in [1.165, 1.54) is 0 Å². The van der Waals surface area contributed by atoms with Crippen molar-refractivity contribution in [3.8, 4) is 5.75 Å². The maximum absolute atomic E-state index is 11.9. The summed E-state index contributed by atoms with van der Waals surface area (Å²) in [6.45, 7) is 4.41. The van der Waals surface area contributed by atoms with E-state index >= 15 is 0 Å². The number of benzene rings is 1. The van der Waals surface area contributed by atoms with Crippen molar-refractivity contribution in [3.63, 3.8) is 0 Å². The van der Waals surface area contributed by atoms with Gasteiger partial charge in [-0.1, -0.05) is 11.6 Å². The van der Waals surface area contributed by atoms with Crippen molar-refractivity contribution in [1.29, 1.82) is 0 Å². The number of hydrogen-bond donors (Lipinski definition) is 2. The Morgan fingerprint density at radius 3 is 2.89 bits per heavy atom. The van der Waals surface area contributed by atoms with Gasteiger partial charge in [0.25, 0.3) is 5.91 Å². The highest BCUT2D eigenvalue weighted by Gasteiger charge is 2.12. The first-order valence-corrected chi connectivity index (χ1v) is 6.31. The van der Waals surface area contributed by atoms with E-state index in [4.69, 9.17) is 21.4 Å². The Morgan fingerprint density at radius 2 is 2.28 bits per heavy atom. The highest BCUT2D eigenvalue weighted by atomic mass is 35.5. The molecule has 1 atom stereocenters. The number of hydrogen-bond acceptors (Lipinski definition) is 3. The average Bonchev–Trinajstić information content (AvgIpc) is 2.29. The van der Waals surface area contributed by atoms with E-state index in [0.29, 0.717) is 35.9 Å². The SMILES string of the molecule is CCOc1cc(Cl)ccc1C(=O)NCCC(C)O. The second-order valence-electron chi connectivity index (χ2n) is 3.97. The highest BCUT2D eigenvalue weighted by molar-refractivity contribution is 6.30. The van der Waals surface area contributed by atoms with Crippen LogP contribution in [-0.2, 0) is 0 Å². The lowest BCUT2D eigenvalue weighted by atomic mass is 10.2. The molecule has 1 unspecified atom stereocenters. The number of aliphatic hydroxyl groups is 1. The van der Waals surface area contributed by atoms with Gasteiger partial charge in [-0.3, -0.25) is 4.79 Å². The zero-order chi connectivity index (χ0) is 13.5. The molecule has 5 heteroatoms. The lowest BCUT2D eigenvalue weighted by Gasteiger charge is -2.11. The molecule has 1 aromatic carbocycles. The number of carbonyl (C=O) groups excluding carboxylic acids is 1. The highest BCUT2D eigenvalue weighted by Crippen LogP contribution is 2.23. The Kier molecular flexibility index (Phi) is 5.95. The van der Waals surface area contributed by atoms with Gasteiger partial charge in [-0.2, -0.15) is 0 Å². The Labute approximate surface area is 112 Å². The van der Waals surface area contributed by atoms with E-state index in [-0.39, 0.29) is 5.91 Å². The summed E-state index contributed by atoms with van der Waals surface area (Å²) < 4.78 is 5.37. The number of nitrogens with one attached hydrogen (secondary N) is 1. The lowest BCUT2D eigenvalue weighted by Crippen LogP contribution is -2.27. The van der Waals surface area contributed by atoms with Crippen LogP contribution in [0.1, 0.15) is 30.6 Å². The van der Waals surface area contributed by atoms with E-state index < -0.39 is 6.10 Å². The standard InChI is InChI=1S/C13H18ClNO3/c1-3-18-12-8-10(14)4-5-11(12)13(17)15-7-6-9(2)16/h4-5,8-9,16H,3,6-7H2,1-2H3,(H,15,17). The molecule has 0 heterocycles. The summed E-state index contributed by atoms with van der Waals surface area (Å²) in [5.41, 5.74) is 0.451. The molecule has 100 valence electrons. The third kappa shape index (κ3) is 4.55. The van der Waals surface area contributed by atoms with Crippen LogP contribution in [0.4, 0.5) is 0 Å². The van der Waals surface area contributed by atoms with Crippen molar-refractivity contribution >= 4 is 17.5 Å². The van der Waals surface area contributed by atoms with Crippen LogP contribution in [0.2, 0.25) is 5.02 Å². The molecule has 1 aromatic rings. The molecular weight excluding hydrogens is 254 g/mol. The molecule has 0 bridgehead atoms. The second-order valence-corrected chi connectivity index (χ2v) is 4.40. The number of aliphatic hydroxyl groups excluding tert-OH is 1. The molecular formula is C13H18ClNO3. The van der Waals surface area contributed by atoms with Gasteiger partial charge in [-0.15, -0.1) is 0 Å². The van der Waals surface area contributed by atoms with Crippen LogP contribution < -0.4 is 10.1 Å². The minimum Gasteiger partial charge on any atom is -0.493 e. The third-order valence-electron chi connectivity index (χ3n) is 2.34. The molecule has 0 radical (unpaired) electrons. The number of halogens is 1. The van der Waals surface area contributed by atoms with E-state index in [9.17, 15) is 4.79 Å². The van der Waals surface area contributed by atoms with E-state index in [0.717, 1.165) is 0 Å². The Bertz CT molecular complexity index is 407. The monoisotopic (exact) mass is 271 g/mol. The van der Waals surface area contributed by atoms with Gasteiger partial charge in [0, 0.05) is 11.6 Å². The van der Waals surface area contributed by atoms with Crippen LogP contribution >= 0.6 is 11.6 Å². The van der Waals surface area contributed by atoms with Gasteiger partial charge in [-0.25, -0.2) is 0 Å². The summed E-state index contributed by atoms with van der Waals surface area (Å²) in [6.07, 6.45) is 0.0883. The molecule has 0 saturated carbocycles. The number of rotatable bonds is 6. The zero-order valence-corrected chi connectivity index (χ0v) is 11.3. The largest absolute Gasteiger partial charge is 0.493 e. The Balaban J connectivity index is 2.72. The van der Waals surface area contributed by atoms with Crippen molar-refractivity contribution in [2.24, 2.45) is 0 Å². The van der Waals surface area contributed by atoms with E-state index in [1.807, 2.05) is 6.92 Å². The van der Waals surface area contributed by atoms with Crippen LogP contribution in [0.25, 0.3) is 0 Å². The van der Waals surface area contributed by atoms with Gasteiger partial charge in [0.2, 0.25) is 0 Å². The Morgan fingerprint density at radius 1 is 1.56 bits per heavy atom. The molecule has 0 spiro atoms. The van der Waals surface area contributed by atoms with Crippen molar-refractivity contribution in [1.82, 2.24) is 5.32 Å². The van der Waals surface area contributed by atoms with Crippen molar-refractivity contribution in [3.05, 3.63) is 28.8 Å². The predicted molar refractivity (Wildman–Crippen MR) is 71.3 cm³/mol. The zero-order valence-electron chi connectivity index (χ0n) is 10.6. The quantitative estimate of drug-likeness (QED) is 0.834. The van der Waals surface area contributed by atoms with Gasteiger partial charge >= 0.3 is 0 Å². The molecule has 1 amide bonds. The maximum Gasteiger partial charge on any atom is 0.255 e. The first-order valence-electron chi connectivity index (χ1n) is 5.93. The van der Waals surface area contributed by atoms with Gasteiger partial charge < -0.3 is 15.2 Å². The third-order valence-corrected chi connectivity index (χ3v) is 2.57. The molecule has 1 rings (SSSR count). The van der Waals surface area contributed by atoms with E-state index in [2.05, 4.69) is 5.32 Å². The molecule has 18 heavy (non-hydrogen) atoms. The summed E-state index contributed by atoms with van der Waals surface area (Å²) in [5.74, 6) is 0.246. The van der Waals surface area contributed by atoms with Crippen molar-refractivity contribution < 1.29 is 14.6 Å². The lowest BCUT2D eigenvalue weighted by molar-refractivity contribution is 0.0942. The van der Waals surface area contributed by atoms with Crippen LogP contribution in [0.5, 0.6) is 5.75 Å². The summed E-state index contributed by atoms with van der Waals surface area (Å²) in [7, 11) is 0. The molecule has 0 aliphatic rings. The topological polar surface area (TPSA) is 58.6 Å². The average molecular weight is 272 g/mol. The van der Waals surface area contributed by atoms with Gasteiger partial charge in [-0.05, 0) is 38.5 Å². The number of carbonyl (C=O) groups is 1. The van der Waals surface area contributed by atoms with Crippen LogP contribution in [0, 0.1) is 0 Å². The molecule has 0 aliphatic carbocycles. The first-order chi connectivity index (χ1) is 8.54. The predicted octanol–water partition coefficient (Wildman–Crippen LogP) is 2.24. The minimum atomic E-state index is -0.429. The second kappa shape index (κ2) is 7.24. The summed E-state index contributed by atoms with van der Waals surface area (Å²) in [6, 6.07) is 4.90. The molecule has 0 aliphatic heterocycles. The number of ether oxygens (including phenoxy) is 1. The van der Waals surface area contributed by atoms with Gasteiger partial charge in [0.1, 0.15) is 5.75 Å². The molecule has 0 aromatic heterocycles. The molecule has 0 saturated heterocycles. The smallest absolute Gasteiger partial charge is 0.255 e. The van der Waals surface area contributed by atoms with Crippen molar-refractivity contribution in [2.75, 3.05) is 13.2 Å². The van der Waals surface area contributed by atoms with Gasteiger partial charge in [0.05, 0.1) is 18.3 Å². The minimum absolute atomic E-state index is 0.226. The van der Waals surface area contributed by atoms with Crippen LogP contribution in [0.3, 0.4) is 0 Å². The Hall–Kier alpha value is -1.26. The van der Waals surface area contributed by atoms with Crippen molar-refractivity contribution in [2.45, 2.75) is 26.4 Å². The fraction of sp³-hybridized carbons (Fsp3) is 0.462. The molecule has 0 fully saturated rings. The van der Waals surface area contributed by atoms with Crippen LogP contribution in [-0.4, -0.2) is 30.3 Å². The summed E-state index contributed by atoms with van der Waals surface area (Å²) in [5, 5.41) is 12.4. The maximum atomic E-state index is 11.9. The van der Waals surface area contributed by atoms with Gasteiger partial charge in [0.15, 0.2) is 0 Å². The summed E-state index contributed by atoms with van der Waals surface area (Å²) in [4.78, 5) is 11.9. The first kappa shape index (κ1) is 14.8. The normalized spacial score (nSPS) is 12.0. The number of amides is 1. The molecule has 4 nitrogen and oxygen atoms in total.